The largest absolute Gasteiger partial charge is 0.465 e. The summed E-state index contributed by atoms with van der Waals surface area (Å²) in [7, 11) is 2.49. The summed E-state index contributed by atoms with van der Waals surface area (Å²) in [5.74, 6) is -2.69. The number of methoxy groups -OCH3 is 2. The number of nitro groups is 1. The quantitative estimate of drug-likeness (QED) is 0.0216. The monoisotopic (exact) mass is 879 g/mol. The average Bonchev–Trinajstić information content (AvgIpc) is 3.74. The van der Waals surface area contributed by atoms with Crippen molar-refractivity contribution in [2.75, 3.05) is 70.4 Å². The number of nitro benzene ring substituents is 1. The first-order valence-corrected chi connectivity index (χ1v) is 21.4. The van der Waals surface area contributed by atoms with Gasteiger partial charge in [-0.2, -0.15) is 5.10 Å². The zero-order valence-electron chi connectivity index (χ0n) is 36.3. The number of nitrogens with one attached hydrogen (secondary N) is 2. The van der Waals surface area contributed by atoms with Crippen LogP contribution in [0.2, 0.25) is 0 Å². The number of nitrogens with zero attached hydrogens (tertiary/aromatic N) is 7. The molecule has 4 aromatic rings. The summed E-state index contributed by atoms with van der Waals surface area (Å²) >= 11 is 1.36. The van der Waals surface area contributed by atoms with Gasteiger partial charge < -0.3 is 29.0 Å². The molecule has 0 atom stereocenters. The molecule has 0 radical (unpaired) electrons. The molecule has 5 rings (SSSR count). The van der Waals surface area contributed by atoms with Gasteiger partial charge in [0, 0.05) is 56.8 Å². The number of aryl methyl sites for hydroxylation is 3. The summed E-state index contributed by atoms with van der Waals surface area (Å²) in [5.41, 5.74) is 1.12. The third-order valence-electron chi connectivity index (χ3n) is 10.1. The maximum atomic E-state index is 15.1. The lowest BCUT2D eigenvalue weighted by Gasteiger charge is -2.35. The number of fused-ring (bicyclic) bond motifs is 1. The van der Waals surface area contributed by atoms with Gasteiger partial charge in [0.2, 0.25) is 5.95 Å². The molecular formula is C42H54FN9O9S. The van der Waals surface area contributed by atoms with Crippen molar-refractivity contribution >= 4 is 64.1 Å². The van der Waals surface area contributed by atoms with Gasteiger partial charge in [-0.1, -0.05) is 12.2 Å². The molecule has 334 valence electrons. The van der Waals surface area contributed by atoms with Gasteiger partial charge in [0.05, 0.1) is 47.0 Å². The van der Waals surface area contributed by atoms with E-state index < -0.39 is 34.2 Å². The number of imidazole rings is 1. The maximum absolute atomic E-state index is 15.1. The minimum absolute atomic E-state index is 0.0621. The van der Waals surface area contributed by atoms with Gasteiger partial charge in [-0.3, -0.25) is 29.8 Å². The van der Waals surface area contributed by atoms with Crippen molar-refractivity contribution in [3.8, 4) is 0 Å². The Kier molecular flexibility index (Phi) is 15.7. The maximum Gasteiger partial charge on any atom is 0.410 e. The second kappa shape index (κ2) is 20.7. The molecule has 2 aromatic carbocycles. The Bertz CT molecular complexity index is 2350. The van der Waals surface area contributed by atoms with Crippen LogP contribution in [0.4, 0.5) is 26.5 Å². The molecule has 2 N–H and O–H groups in total. The molecule has 0 unspecified atom stereocenters. The van der Waals surface area contributed by atoms with Crippen molar-refractivity contribution < 1.29 is 42.7 Å². The first kappa shape index (κ1) is 47.0. The van der Waals surface area contributed by atoms with Crippen LogP contribution in [0.1, 0.15) is 83.0 Å². The number of hydrogen-bond donors (Lipinski definition) is 2. The fraction of sp³-hybridized carbons (Fsp3) is 0.476. The number of thioether (sulfide) groups is 1. The van der Waals surface area contributed by atoms with Gasteiger partial charge in [-0.05, 0) is 90.4 Å². The van der Waals surface area contributed by atoms with Crippen molar-refractivity contribution in [1.82, 2.24) is 29.1 Å². The number of carbonyl (C=O) groups excluding carboxylic acids is 4. The van der Waals surface area contributed by atoms with E-state index in [1.54, 1.807) is 46.7 Å². The molecule has 1 saturated heterocycles. The Morgan fingerprint density at radius 2 is 1.68 bits per heavy atom. The predicted octanol–water partition coefficient (Wildman–Crippen LogP) is 6.70. The van der Waals surface area contributed by atoms with Gasteiger partial charge >= 0.3 is 18.0 Å². The second-order valence-electron chi connectivity index (χ2n) is 15.5. The van der Waals surface area contributed by atoms with E-state index >= 15 is 4.39 Å². The number of halogens is 1. The number of hydrogen-bond acceptors (Lipinski definition) is 14. The molecule has 0 bridgehead atoms. The molecule has 1 fully saturated rings. The lowest BCUT2D eigenvalue weighted by Crippen LogP contribution is -2.50. The highest BCUT2D eigenvalue weighted by Crippen LogP contribution is 2.33. The van der Waals surface area contributed by atoms with Crippen LogP contribution in [0.5, 0.6) is 0 Å². The Balaban J connectivity index is 1.34. The molecule has 2 aromatic heterocycles. The van der Waals surface area contributed by atoms with Gasteiger partial charge in [0.1, 0.15) is 11.3 Å². The van der Waals surface area contributed by atoms with E-state index in [9.17, 15) is 29.3 Å². The summed E-state index contributed by atoms with van der Waals surface area (Å²) < 4.78 is 33.4. The standard InChI is InChI=1S/C42H54FN9O9S/c1-9-51-36(33(43)26(2)47-51)37(53)46-40-45-30-23-29(39(55)60-7)25-32(62-8)35(30)50(40)17-13-11-15-44-34-27(22-28(38(54)59-6)24-31(34)52(57)58)14-10-12-16-48-18-20-49(21-19-48)41(56)61-42(3,4)5/h11,13,22-25,44H,9-10,12,14-21H2,1-8H3,(H,45,46,53)/b13-11+. The first-order valence-electron chi connectivity index (χ1n) is 20.2. The van der Waals surface area contributed by atoms with Crippen molar-refractivity contribution in [2.24, 2.45) is 0 Å². The number of carbonyl (C=O) groups is 4. The molecule has 20 heteroatoms. The molecule has 0 saturated carbocycles. The third kappa shape index (κ3) is 11.3. The Morgan fingerprint density at radius 3 is 2.29 bits per heavy atom. The molecule has 0 spiro atoms. The second-order valence-corrected chi connectivity index (χ2v) is 16.3. The van der Waals surface area contributed by atoms with Crippen LogP contribution in [-0.4, -0.2) is 123 Å². The summed E-state index contributed by atoms with van der Waals surface area (Å²) in [6.07, 6.45) is 6.90. The molecule has 1 aliphatic heterocycles. The summed E-state index contributed by atoms with van der Waals surface area (Å²) in [6, 6.07) is 6.01. The van der Waals surface area contributed by atoms with Crippen LogP contribution < -0.4 is 10.6 Å². The Labute approximate surface area is 363 Å². The number of unbranched alkanes of at least 4 members (excludes halogenated alkanes) is 1. The van der Waals surface area contributed by atoms with Crippen molar-refractivity contribution in [1.29, 1.82) is 0 Å². The molecular weight excluding hydrogens is 826 g/mol. The average molecular weight is 880 g/mol. The van der Waals surface area contributed by atoms with E-state index in [1.807, 2.05) is 27.0 Å². The van der Waals surface area contributed by atoms with E-state index in [-0.39, 0.29) is 65.6 Å². The van der Waals surface area contributed by atoms with E-state index in [4.69, 9.17) is 14.2 Å². The minimum atomic E-state index is -0.762. The van der Waals surface area contributed by atoms with Crippen molar-refractivity contribution in [3.63, 3.8) is 0 Å². The van der Waals surface area contributed by atoms with Crippen molar-refractivity contribution in [2.45, 2.75) is 77.5 Å². The van der Waals surface area contributed by atoms with Crippen LogP contribution in [0.3, 0.4) is 0 Å². The molecule has 3 heterocycles. The summed E-state index contributed by atoms with van der Waals surface area (Å²) in [4.78, 5) is 72.2. The van der Waals surface area contributed by atoms with Gasteiger partial charge in [0.15, 0.2) is 11.5 Å². The molecule has 18 nitrogen and oxygen atoms in total. The van der Waals surface area contributed by atoms with Crippen LogP contribution in [-0.2, 0) is 33.7 Å². The lowest BCUT2D eigenvalue weighted by atomic mass is 10.0. The number of aromatic nitrogens is 4. The highest BCUT2D eigenvalue weighted by atomic mass is 32.2. The van der Waals surface area contributed by atoms with Crippen LogP contribution >= 0.6 is 11.8 Å². The number of benzene rings is 2. The highest BCUT2D eigenvalue weighted by Gasteiger charge is 2.28. The van der Waals surface area contributed by atoms with Crippen LogP contribution in [0.15, 0.2) is 41.3 Å². The molecule has 1 aliphatic rings. The zero-order chi connectivity index (χ0) is 45.3. The zero-order valence-corrected chi connectivity index (χ0v) is 37.1. The highest BCUT2D eigenvalue weighted by molar-refractivity contribution is 7.98. The normalized spacial score (nSPS) is 13.4. The minimum Gasteiger partial charge on any atom is -0.465 e. The smallest absolute Gasteiger partial charge is 0.410 e. The SMILES string of the molecule is CCn1nc(C)c(F)c1C(=O)Nc1nc2cc(C(=O)OC)cc(SC)c2n1C/C=C/CNc1c(CCCCN2CCN(C(=O)OC(C)(C)C)CC2)cc(C(=O)OC)cc1[N+](=O)[O-]. The molecule has 62 heavy (non-hydrogen) atoms. The van der Waals surface area contributed by atoms with Gasteiger partial charge in [-0.15, -0.1) is 11.8 Å². The third-order valence-corrected chi connectivity index (χ3v) is 10.9. The predicted molar refractivity (Wildman–Crippen MR) is 233 cm³/mol. The van der Waals surface area contributed by atoms with E-state index in [0.29, 0.717) is 60.5 Å². The number of esters is 2. The lowest BCUT2D eigenvalue weighted by molar-refractivity contribution is -0.384. The summed E-state index contributed by atoms with van der Waals surface area (Å²) in [6.45, 7) is 12.5. The van der Waals surface area contributed by atoms with Crippen LogP contribution in [0.25, 0.3) is 11.0 Å². The van der Waals surface area contributed by atoms with Crippen LogP contribution in [0, 0.1) is 22.9 Å². The molecule has 0 aliphatic carbocycles. The van der Waals surface area contributed by atoms with Gasteiger partial charge in [0.25, 0.3) is 11.6 Å². The fourth-order valence-corrected chi connectivity index (χ4v) is 7.74. The molecule has 2 amide bonds. The number of ether oxygens (including phenoxy) is 3. The number of piperazine rings is 1. The number of rotatable bonds is 17. The van der Waals surface area contributed by atoms with E-state index in [0.717, 1.165) is 13.0 Å². The van der Waals surface area contributed by atoms with Gasteiger partial charge in [-0.25, -0.2) is 23.8 Å². The first-order chi connectivity index (χ1) is 29.5. The number of amides is 2. The van der Waals surface area contributed by atoms with E-state index in [1.165, 1.54) is 43.7 Å². The summed E-state index contributed by atoms with van der Waals surface area (Å²) in [5, 5.41) is 22.4. The topological polar surface area (TPSA) is 205 Å². The number of allylic oxidation sites excluding steroid dienone is 1. The number of anilines is 2. The van der Waals surface area contributed by atoms with E-state index in [2.05, 4.69) is 25.6 Å². The van der Waals surface area contributed by atoms with Crippen molar-refractivity contribution in [3.05, 3.63) is 80.4 Å². The fourth-order valence-electron chi connectivity index (χ4n) is 7.08. The Hall–Kier alpha value is -6.02. The Morgan fingerprint density at radius 1 is 1.00 bits per heavy atom.